The molecule has 1 heterocycles. The molecule has 1 unspecified atom stereocenters. The Balaban J connectivity index is 2.13. The molecule has 1 aliphatic rings. The van der Waals surface area contributed by atoms with Crippen LogP contribution in [0.4, 0.5) is 11.4 Å². The molecular weight excluding hydrogens is 226 g/mol. The Kier molecular flexibility index (Phi) is 4.06. The molecule has 96 valence electrons. The van der Waals surface area contributed by atoms with Gasteiger partial charge in [-0.15, -0.1) is 0 Å². The molecule has 0 spiro atoms. The fourth-order valence-electron chi connectivity index (χ4n) is 2.51. The van der Waals surface area contributed by atoms with E-state index < -0.39 is 0 Å². The summed E-state index contributed by atoms with van der Waals surface area (Å²) in [5.41, 5.74) is 7.93. The van der Waals surface area contributed by atoms with Gasteiger partial charge >= 0.3 is 0 Å². The summed E-state index contributed by atoms with van der Waals surface area (Å²) < 4.78 is 5.23. The zero-order valence-electron chi connectivity index (χ0n) is 10.7. The highest BCUT2D eigenvalue weighted by molar-refractivity contribution is 5.62. The Labute approximate surface area is 108 Å². The minimum Gasteiger partial charge on any atom is -0.398 e. The highest BCUT2D eigenvalue weighted by atomic mass is 16.5. The van der Waals surface area contributed by atoms with E-state index in [4.69, 9.17) is 15.7 Å². The van der Waals surface area contributed by atoms with E-state index >= 15 is 0 Å². The van der Waals surface area contributed by atoms with E-state index in [0.29, 0.717) is 17.2 Å². The summed E-state index contributed by atoms with van der Waals surface area (Å²) in [6.45, 7) is 2.83. The van der Waals surface area contributed by atoms with E-state index in [1.807, 2.05) is 18.2 Å². The molecule has 1 aromatic carbocycles. The molecular formula is C14H19N3O. The van der Waals surface area contributed by atoms with E-state index in [9.17, 15) is 0 Å². The second-order valence-corrected chi connectivity index (χ2v) is 4.79. The molecule has 4 heteroatoms. The number of rotatable bonds is 3. The zero-order valence-corrected chi connectivity index (χ0v) is 10.7. The molecule has 0 aromatic heterocycles. The molecule has 0 bridgehead atoms. The number of nitriles is 1. The molecule has 0 aliphatic carbocycles. The summed E-state index contributed by atoms with van der Waals surface area (Å²) >= 11 is 0. The number of nitrogen functional groups attached to an aromatic ring is 1. The van der Waals surface area contributed by atoms with E-state index in [1.165, 1.54) is 12.8 Å². The van der Waals surface area contributed by atoms with Crippen LogP contribution < -0.4 is 10.6 Å². The van der Waals surface area contributed by atoms with Gasteiger partial charge in [0.25, 0.3) is 0 Å². The van der Waals surface area contributed by atoms with Crippen molar-refractivity contribution in [3.05, 3.63) is 23.8 Å². The van der Waals surface area contributed by atoms with E-state index in [2.05, 4.69) is 11.0 Å². The monoisotopic (exact) mass is 245 g/mol. The van der Waals surface area contributed by atoms with Crippen molar-refractivity contribution in [2.75, 3.05) is 37.4 Å². The Morgan fingerprint density at radius 1 is 1.56 bits per heavy atom. The summed E-state index contributed by atoms with van der Waals surface area (Å²) in [6.07, 6.45) is 2.38. The van der Waals surface area contributed by atoms with Gasteiger partial charge in [-0.25, -0.2) is 0 Å². The van der Waals surface area contributed by atoms with E-state index in [1.54, 1.807) is 7.11 Å². The molecule has 2 N–H and O–H groups in total. The van der Waals surface area contributed by atoms with Gasteiger partial charge in [-0.3, -0.25) is 0 Å². The first-order valence-electron chi connectivity index (χ1n) is 6.28. The zero-order chi connectivity index (χ0) is 13.0. The lowest BCUT2D eigenvalue weighted by atomic mass is 9.98. The molecule has 0 amide bonds. The molecule has 4 nitrogen and oxygen atoms in total. The van der Waals surface area contributed by atoms with Gasteiger partial charge in [0, 0.05) is 31.6 Å². The molecule has 1 aromatic rings. The van der Waals surface area contributed by atoms with Crippen molar-refractivity contribution < 1.29 is 4.74 Å². The third kappa shape index (κ3) is 2.74. The Morgan fingerprint density at radius 3 is 3.11 bits per heavy atom. The highest BCUT2D eigenvalue weighted by Gasteiger charge is 2.20. The Hall–Kier alpha value is -1.73. The largest absolute Gasteiger partial charge is 0.398 e. The van der Waals surface area contributed by atoms with Gasteiger partial charge < -0.3 is 15.4 Å². The number of ether oxygens (including phenoxy) is 1. The van der Waals surface area contributed by atoms with Gasteiger partial charge in [-0.1, -0.05) is 0 Å². The number of nitrogens with two attached hydrogens (primary N) is 1. The maximum atomic E-state index is 9.01. The standard InChI is InChI=1S/C14H19N3O/c1-18-10-11-3-2-6-17(9-11)13-4-5-14(16)12(7-13)8-15/h4-5,7,11H,2-3,6,9-10,16H2,1H3. The molecule has 1 atom stereocenters. The van der Waals surface area contributed by atoms with Crippen LogP contribution in [0.15, 0.2) is 18.2 Å². The van der Waals surface area contributed by atoms with Crippen LogP contribution in [0.3, 0.4) is 0 Å². The topological polar surface area (TPSA) is 62.3 Å². The third-order valence-electron chi connectivity index (χ3n) is 3.44. The number of nitrogens with zero attached hydrogens (tertiary/aromatic N) is 2. The summed E-state index contributed by atoms with van der Waals surface area (Å²) in [4.78, 5) is 2.31. The van der Waals surface area contributed by atoms with Gasteiger partial charge in [0.05, 0.1) is 12.2 Å². The second kappa shape index (κ2) is 5.74. The Bertz CT molecular complexity index is 451. The third-order valence-corrected chi connectivity index (χ3v) is 3.44. The van der Waals surface area contributed by atoms with Crippen molar-refractivity contribution >= 4 is 11.4 Å². The molecule has 0 saturated carbocycles. The second-order valence-electron chi connectivity index (χ2n) is 4.79. The number of hydrogen-bond acceptors (Lipinski definition) is 4. The minimum atomic E-state index is 0.548. The van der Waals surface area contributed by atoms with Crippen LogP contribution in [0.25, 0.3) is 0 Å². The first-order chi connectivity index (χ1) is 8.74. The summed E-state index contributed by atoms with van der Waals surface area (Å²) in [6, 6.07) is 7.82. The number of hydrogen-bond donors (Lipinski definition) is 1. The highest BCUT2D eigenvalue weighted by Crippen LogP contribution is 2.26. The summed E-state index contributed by atoms with van der Waals surface area (Å²) in [5, 5.41) is 9.01. The molecule has 0 radical (unpaired) electrons. The van der Waals surface area contributed by atoms with Crippen LogP contribution in [-0.2, 0) is 4.74 Å². The molecule has 1 aliphatic heterocycles. The quantitative estimate of drug-likeness (QED) is 0.827. The van der Waals surface area contributed by atoms with Crippen molar-refractivity contribution in [1.82, 2.24) is 0 Å². The minimum absolute atomic E-state index is 0.548. The fourth-order valence-corrected chi connectivity index (χ4v) is 2.51. The van der Waals surface area contributed by atoms with Crippen molar-refractivity contribution in [3.63, 3.8) is 0 Å². The summed E-state index contributed by atoms with van der Waals surface area (Å²) in [7, 11) is 1.75. The lowest BCUT2D eigenvalue weighted by Crippen LogP contribution is -2.37. The van der Waals surface area contributed by atoms with Gasteiger partial charge in [0.15, 0.2) is 0 Å². The number of methoxy groups -OCH3 is 1. The lowest BCUT2D eigenvalue weighted by molar-refractivity contribution is 0.143. The van der Waals surface area contributed by atoms with Gasteiger partial charge in [0.1, 0.15) is 6.07 Å². The molecule has 2 rings (SSSR count). The fraction of sp³-hybridized carbons (Fsp3) is 0.500. The normalized spacial score (nSPS) is 19.6. The van der Waals surface area contributed by atoms with Crippen molar-refractivity contribution in [2.24, 2.45) is 5.92 Å². The van der Waals surface area contributed by atoms with E-state index in [-0.39, 0.29) is 0 Å². The van der Waals surface area contributed by atoms with Gasteiger partial charge in [0.2, 0.25) is 0 Å². The van der Waals surface area contributed by atoms with Crippen molar-refractivity contribution in [2.45, 2.75) is 12.8 Å². The molecule has 1 saturated heterocycles. The maximum Gasteiger partial charge on any atom is 0.101 e. The van der Waals surface area contributed by atoms with Gasteiger partial charge in [-0.05, 0) is 37.0 Å². The number of piperidine rings is 1. The average Bonchev–Trinajstić information content (AvgIpc) is 2.40. The van der Waals surface area contributed by atoms with Crippen LogP contribution in [0.1, 0.15) is 18.4 Å². The Morgan fingerprint density at radius 2 is 2.39 bits per heavy atom. The van der Waals surface area contributed by atoms with E-state index in [0.717, 1.165) is 25.4 Å². The first-order valence-corrected chi connectivity index (χ1v) is 6.28. The first kappa shape index (κ1) is 12.7. The van der Waals surface area contributed by atoms with Crippen molar-refractivity contribution in [1.29, 1.82) is 5.26 Å². The van der Waals surface area contributed by atoms with Crippen LogP contribution in [0.5, 0.6) is 0 Å². The smallest absolute Gasteiger partial charge is 0.101 e. The number of benzene rings is 1. The summed E-state index contributed by atoms with van der Waals surface area (Å²) in [5.74, 6) is 0.576. The van der Waals surface area contributed by atoms with Crippen LogP contribution in [0.2, 0.25) is 0 Å². The lowest BCUT2D eigenvalue weighted by Gasteiger charge is -2.34. The predicted molar refractivity (Wildman–Crippen MR) is 72.4 cm³/mol. The number of anilines is 2. The predicted octanol–water partition coefficient (Wildman–Crippen LogP) is 2.00. The maximum absolute atomic E-state index is 9.01. The van der Waals surface area contributed by atoms with Crippen molar-refractivity contribution in [3.8, 4) is 6.07 Å². The molecule has 18 heavy (non-hydrogen) atoms. The van der Waals surface area contributed by atoms with Crippen LogP contribution in [-0.4, -0.2) is 26.8 Å². The average molecular weight is 245 g/mol. The SMILES string of the molecule is COCC1CCCN(c2ccc(N)c(C#N)c2)C1. The molecule has 1 fully saturated rings. The van der Waals surface area contributed by atoms with Crippen LogP contribution in [0, 0.1) is 17.2 Å². The van der Waals surface area contributed by atoms with Crippen LogP contribution >= 0.6 is 0 Å². The van der Waals surface area contributed by atoms with Gasteiger partial charge in [-0.2, -0.15) is 5.26 Å².